The lowest BCUT2D eigenvalue weighted by Gasteiger charge is -2.31. The Balaban J connectivity index is 2.10. The highest BCUT2D eigenvalue weighted by atomic mass is 79.9. The summed E-state index contributed by atoms with van der Waals surface area (Å²) in [6.07, 6.45) is 0.980. The van der Waals surface area contributed by atoms with Gasteiger partial charge < -0.3 is 10.4 Å². The van der Waals surface area contributed by atoms with Crippen molar-refractivity contribution in [2.45, 2.75) is 31.8 Å². The number of benzene rings is 1. The van der Waals surface area contributed by atoms with Gasteiger partial charge in [0.1, 0.15) is 0 Å². The van der Waals surface area contributed by atoms with Crippen molar-refractivity contribution in [1.29, 1.82) is 0 Å². The molecule has 0 amide bonds. The van der Waals surface area contributed by atoms with Crippen LogP contribution >= 0.6 is 15.9 Å². The van der Waals surface area contributed by atoms with Crippen molar-refractivity contribution in [3.05, 3.63) is 28.7 Å². The van der Waals surface area contributed by atoms with E-state index in [2.05, 4.69) is 46.1 Å². The summed E-state index contributed by atoms with van der Waals surface area (Å²) in [5.74, 6) is 0. The quantitative estimate of drug-likeness (QED) is 0.897. The molecule has 1 aromatic rings. The van der Waals surface area contributed by atoms with Gasteiger partial charge in [-0.15, -0.1) is 0 Å². The van der Waals surface area contributed by atoms with E-state index in [0.29, 0.717) is 6.04 Å². The molecule has 0 bridgehead atoms. The van der Waals surface area contributed by atoms with Gasteiger partial charge >= 0.3 is 0 Å². The number of aliphatic hydroxyl groups excluding tert-OH is 1. The van der Waals surface area contributed by atoms with Gasteiger partial charge in [-0.05, 0) is 38.5 Å². The summed E-state index contributed by atoms with van der Waals surface area (Å²) in [6, 6.07) is 8.64. The van der Waals surface area contributed by atoms with Crippen LogP contribution in [0.3, 0.4) is 0 Å². The van der Waals surface area contributed by atoms with Crippen molar-refractivity contribution in [2.24, 2.45) is 0 Å². The molecule has 0 saturated carbocycles. The molecule has 1 unspecified atom stereocenters. The second kappa shape index (κ2) is 5.59. The van der Waals surface area contributed by atoms with Crippen LogP contribution in [-0.2, 0) is 0 Å². The van der Waals surface area contributed by atoms with Crippen molar-refractivity contribution in [2.75, 3.05) is 25.0 Å². The fraction of sp³-hybridized carbons (Fsp3) is 0.571. The molecule has 1 fully saturated rings. The third-order valence-electron chi connectivity index (χ3n) is 3.65. The highest BCUT2D eigenvalue weighted by Crippen LogP contribution is 2.28. The molecule has 18 heavy (non-hydrogen) atoms. The first-order valence-corrected chi connectivity index (χ1v) is 7.23. The van der Waals surface area contributed by atoms with Crippen LogP contribution < -0.4 is 5.32 Å². The maximum Gasteiger partial charge on any atom is 0.0742 e. The minimum Gasteiger partial charge on any atom is -0.394 e. The minimum atomic E-state index is -0.203. The monoisotopic (exact) mass is 312 g/mol. The molecule has 100 valence electrons. The van der Waals surface area contributed by atoms with E-state index in [1.54, 1.807) is 0 Å². The van der Waals surface area contributed by atoms with E-state index in [-0.39, 0.29) is 12.1 Å². The topological polar surface area (TPSA) is 35.5 Å². The van der Waals surface area contributed by atoms with Crippen molar-refractivity contribution in [1.82, 2.24) is 4.90 Å². The van der Waals surface area contributed by atoms with Gasteiger partial charge in [-0.1, -0.05) is 22.0 Å². The van der Waals surface area contributed by atoms with Crippen molar-refractivity contribution < 1.29 is 5.11 Å². The summed E-state index contributed by atoms with van der Waals surface area (Å²) in [4.78, 5) is 2.40. The first-order chi connectivity index (χ1) is 8.54. The van der Waals surface area contributed by atoms with E-state index in [1.165, 1.54) is 0 Å². The molecule has 0 aromatic heterocycles. The number of hydrogen-bond donors (Lipinski definition) is 2. The van der Waals surface area contributed by atoms with E-state index >= 15 is 0 Å². The molecule has 1 aromatic carbocycles. The number of anilines is 1. The fourth-order valence-corrected chi connectivity index (χ4v) is 2.89. The SMILES string of the molecule is CC(C)N1CCC(CO)(Nc2cccc(Br)c2)C1. The standard InChI is InChI=1S/C14H21BrN2O/c1-11(2)17-7-6-14(9-17,10-18)16-13-5-3-4-12(15)8-13/h3-5,8,11,16,18H,6-7,9-10H2,1-2H3. The molecule has 2 rings (SSSR count). The number of likely N-dealkylation sites (tertiary alicyclic amines) is 1. The molecule has 0 aliphatic carbocycles. The van der Waals surface area contributed by atoms with E-state index in [1.807, 2.05) is 18.2 Å². The Kier molecular flexibility index (Phi) is 4.30. The maximum atomic E-state index is 9.75. The molecule has 0 spiro atoms. The van der Waals surface area contributed by atoms with Crippen LogP contribution in [-0.4, -0.2) is 41.3 Å². The van der Waals surface area contributed by atoms with Gasteiger partial charge in [-0.3, -0.25) is 4.90 Å². The van der Waals surface area contributed by atoms with Crippen LogP contribution in [0.1, 0.15) is 20.3 Å². The zero-order chi connectivity index (χ0) is 13.2. The Hall–Kier alpha value is -0.580. The van der Waals surface area contributed by atoms with Gasteiger partial charge in [0, 0.05) is 29.3 Å². The van der Waals surface area contributed by atoms with Gasteiger partial charge in [0.25, 0.3) is 0 Å². The first kappa shape index (κ1) is 13.8. The molecule has 1 saturated heterocycles. The number of nitrogens with zero attached hydrogens (tertiary/aromatic N) is 1. The molecule has 3 nitrogen and oxygen atoms in total. The Morgan fingerprint density at radius 2 is 2.28 bits per heavy atom. The summed E-state index contributed by atoms with van der Waals surface area (Å²) >= 11 is 3.47. The van der Waals surface area contributed by atoms with Gasteiger partial charge in [-0.25, -0.2) is 0 Å². The Morgan fingerprint density at radius 3 is 2.83 bits per heavy atom. The van der Waals surface area contributed by atoms with E-state index in [9.17, 15) is 5.11 Å². The Labute approximate surface area is 117 Å². The first-order valence-electron chi connectivity index (χ1n) is 6.43. The van der Waals surface area contributed by atoms with Crippen LogP contribution in [0.25, 0.3) is 0 Å². The normalized spacial score (nSPS) is 24.7. The predicted octanol–water partition coefficient (Wildman–Crippen LogP) is 2.71. The largest absolute Gasteiger partial charge is 0.394 e. The Bertz CT molecular complexity index is 411. The third kappa shape index (κ3) is 3.05. The zero-order valence-corrected chi connectivity index (χ0v) is 12.6. The van der Waals surface area contributed by atoms with Crippen molar-refractivity contribution >= 4 is 21.6 Å². The number of nitrogens with one attached hydrogen (secondary N) is 1. The zero-order valence-electron chi connectivity index (χ0n) is 11.0. The second-order valence-corrected chi connectivity index (χ2v) is 6.30. The molecule has 1 atom stereocenters. The number of rotatable bonds is 4. The lowest BCUT2D eigenvalue weighted by molar-refractivity contribution is 0.196. The number of aliphatic hydroxyl groups is 1. The van der Waals surface area contributed by atoms with Crippen molar-refractivity contribution in [3.8, 4) is 0 Å². The summed E-state index contributed by atoms with van der Waals surface area (Å²) in [5.41, 5.74) is 0.856. The number of halogens is 1. The smallest absolute Gasteiger partial charge is 0.0742 e. The van der Waals surface area contributed by atoms with Gasteiger partial charge in [-0.2, -0.15) is 0 Å². The van der Waals surface area contributed by atoms with Gasteiger partial charge in [0.05, 0.1) is 12.1 Å². The molecule has 1 aliphatic rings. The highest BCUT2D eigenvalue weighted by molar-refractivity contribution is 9.10. The maximum absolute atomic E-state index is 9.75. The van der Waals surface area contributed by atoms with E-state index in [0.717, 1.165) is 29.7 Å². The predicted molar refractivity (Wildman–Crippen MR) is 78.9 cm³/mol. The minimum absolute atomic E-state index is 0.169. The lowest BCUT2D eigenvalue weighted by Crippen LogP contribution is -2.45. The fourth-order valence-electron chi connectivity index (χ4n) is 2.49. The summed E-state index contributed by atoms with van der Waals surface area (Å²) in [6.45, 7) is 6.51. The van der Waals surface area contributed by atoms with Gasteiger partial charge in [0.15, 0.2) is 0 Å². The molecule has 1 heterocycles. The van der Waals surface area contributed by atoms with Crippen LogP contribution in [0.5, 0.6) is 0 Å². The molecule has 1 aliphatic heterocycles. The average Bonchev–Trinajstić information content (AvgIpc) is 2.74. The molecule has 2 N–H and O–H groups in total. The van der Waals surface area contributed by atoms with Crippen LogP contribution in [0.15, 0.2) is 28.7 Å². The second-order valence-electron chi connectivity index (χ2n) is 5.39. The third-order valence-corrected chi connectivity index (χ3v) is 4.14. The lowest BCUT2D eigenvalue weighted by atomic mass is 9.99. The average molecular weight is 313 g/mol. The van der Waals surface area contributed by atoms with E-state index in [4.69, 9.17) is 0 Å². The molecule has 0 radical (unpaired) electrons. The summed E-state index contributed by atoms with van der Waals surface area (Å²) in [5, 5.41) is 13.3. The Morgan fingerprint density at radius 1 is 1.50 bits per heavy atom. The molecular weight excluding hydrogens is 292 g/mol. The van der Waals surface area contributed by atoms with Gasteiger partial charge in [0.2, 0.25) is 0 Å². The van der Waals surface area contributed by atoms with E-state index < -0.39 is 0 Å². The van der Waals surface area contributed by atoms with Crippen LogP contribution in [0, 0.1) is 0 Å². The summed E-state index contributed by atoms with van der Waals surface area (Å²) in [7, 11) is 0. The highest BCUT2D eigenvalue weighted by Gasteiger charge is 2.38. The number of hydrogen-bond acceptors (Lipinski definition) is 3. The molecule has 4 heteroatoms. The van der Waals surface area contributed by atoms with Crippen molar-refractivity contribution in [3.63, 3.8) is 0 Å². The summed E-state index contributed by atoms with van der Waals surface area (Å²) < 4.78 is 1.05. The van der Waals surface area contributed by atoms with Crippen LogP contribution in [0.4, 0.5) is 5.69 Å². The van der Waals surface area contributed by atoms with Crippen LogP contribution in [0.2, 0.25) is 0 Å². The molecular formula is C14H21BrN2O.